The van der Waals surface area contributed by atoms with Gasteiger partial charge in [-0.05, 0) is 56.1 Å². The zero-order chi connectivity index (χ0) is 13.9. The molecular weight excluding hydrogens is 316 g/mol. The Hall–Kier alpha value is -0.580. The van der Waals surface area contributed by atoms with Gasteiger partial charge < -0.3 is 10.5 Å². The van der Waals surface area contributed by atoms with Gasteiger partial charge in [-0.1, -0.05) is 22.4 Å². The van der Waals surface area contributed by atoms with Crippen LogP contribution in [0.25, 0.3) is 0 Å². The Balaban J connectivity index is 1.61. The van der Waals surface area contributed by atoms with Crippen LogP contribution in [0.1, 0.15) is 31.2 Å². The minimum atomic E-state index is 0.303. The fraction of sp³-hybridized carbons (Fsp3) is 0.625. The van der Waals surface area contributed by atoms with Crippen LogP contribution in [-0.4, -0.2) is 36.7 Å². The topological polar surface area (TPSA) is 38.5 Å². The molecule has 2 atom stereocenters. The predicted octanol–water partition coefficient (Wildman–Crippen LogP) is 2.96. The first-order valence-corrected chi connectivity index (χ1v) is 8.45. The molecule has 0 saturated carbocycles. The first kappa shape index (κ1) is 14.4. The van der Waals surface area contributed by atoms with Crippen LogP contribution in [0.2, 0.25) is 0 Å². The van der Waals surface area contributed by atoms with Gasteiger partial charge in [0.15, 0.2) is 0 Å². The molecule has 0 aliphatic carbocycles. The number of hydrogen-bond donors (Lipinski definition) is 1. The van der Waals surface area contributed by atoms with Gasteiger partial charge in [-0.3, -0.25) is 4.90 Å². The molecule has 3 nitrogen and oxygen atoms in total. The highest BCUT2D eigenvalue weighted by atomic mass is 79.9. The number of benzene rings is 1. The van der Waals surface area contributed by atoms with Gasteiger partial charge >= 0.3 is 0 Å². The first-order valence-electron chi connectivity index (χ1n) is 7.65. The van der Waals surface area contributed by atoms with Crippen LogP contribution in [0.4, 0.5) is 0 Å². The second kappa shape index (κ2) is 6.46. The molecule has 1 aromatic carbocycles. The van der Waals surface area contributed by atoms with Gasteiger partial charge in [-0.2, -0.15) is 0 Å². The van der Waals surface area contributed by atoms with Crippen LogP contribution in [0.5, 0.6) is 5.75 Å². The second-order valence-corrected chi connectivity index (χ2v) is 6.83. The number of likely N-dealkylation sites (tertiary alicyclic amines) is 1. The summed E-state index contributed by atoms with van der Waals surface area (Å²) >= 11 is 3.53. The fourth-order valence-electron chi connectivity index (χ4n) is 3.47. The van der Waals surface area contributed by atoms with E-state index in [9.17, 15) is 0 Å². The zero-order valence-corrected chi connectivity index (χ0v) is 13.4. The maximum atomic E-state index is 6.10. The summed E-state index contributed by atoms with van der Waals surface area (Å²) in [6, 6.07) is 6.97. The van der Waals surface area contributed by atoms with Crippen molar-refractivity contribution in [2.75, 3.05) is 19.6 Å². The summed E-state index contributed by atoms with van der Waals surface area (Å²) in [5.74, 6) is 1.06. The largest absolute Gasteiger partial charge is 0.488 e. The molecule has 0 aromatic heterocycles. The number of halogens is 1. The standard InChI is InChI=1S/C16H23BrN2O/c17-13-4-5-16-12(9-13)10-15(20-16)11-19-8-2-1-3-14(19)6-7-18/h4-5,9,14-15H,1-3,6-8,10-11,18H2. The number of nitrogens with two attached hydrogens (primary N) is 1. The van der Waals surface area contributed by atoms with E-state index in [1.165, 1.54) is 31.4 Å². The Morgan fingerprint density at radius 1 is 1.35 bits per heavy atom. The van der Waals surface area contributed by atoms with Crippen LogP contribution >= 0.6 is 15.9 Å². The molecule has 1 saturated heterocycles. The Morgan fingerprint density at radius 2 is 2.25 bits per heavy atom. The monoisotopic (exact) mass is 338 g/mol. The summed E-state index contributed by atoms with van der Waals surface area (Å²) in [7, 11) is 0. The molecule has 0 bridgehead atoms. The van der Waals surface area contributed by atoms with E-state index in [2.05, 4.69) is 39.0 Å². The van der Waals surface area contributed by atoms with Crippen molar-refractivity contribution in [1.29, 1.82) is 0 Å². The predicted molar refractivity (Wildman–Crippen MR) is 85.1 cm³/mol. The molecule has 0 radical (unpaired) electrons. The molecule has 110 valence electrons. The highest BCUT2D eigenvalue weighted by molar-refractivity contribution is 9.10. The summed E-state index contributed by atoms with van der Waals surface area (Å²) in [4.78, 5) is 2.60. The van der Waals surface area contributed by atoms with Crippen LogP contribution in [0, 0.1) is 0 Å². The third-order valence-corrected chi connectivity index (χ3v) is 4.94. The molecular formula is C16H23BrN2O. The molecule has 0 spiro atoms. The average Bonchev–Trinajstić information content (AvgIpc) is 2.82. The summed E-state index contributed by atoms with van der Waals surface area (Å²) in [6.45, 7) is 3.03. The smallest absolute Gasteiger partial charge is 0.123 e. The molecule has 2 N–H and O–H groups in total. The number of piperidine rings is 1. The van der Waals surface area contributed by atoms with E-state index in [0.717, 1.165) is 36.2 Å². The van der Waals surface area contributed by atoms with Crippen LogP contribution in [0.3, 0.4) is 0 Å². The summed E-state index contributed by atoms with van der Waals surface area (Å²) in [6.07, 6.45) is 6.40. The van der Waals surface area contributed by atoms with E-state index in [4.69, 9.17) is 10.5 Å². The lowest BCUT2D eigenvalue weighted by Gasteiger charge is -2.36. The molecule has 1 fully saturated rings. The van der Waals surface area contributed by atoms with Gasteiger partial charge in [-0.25, -0.2) is 0 Å². The van der Waals surface area contributed by atoms with Crippen LogP contribution in [0.15, 0.2) is 22.7 Å². The number of ether oxygens (including phenoxy) is 1. The van der Waals surface area contributed by atoms with Gasteiger partial charge in [0.2, 0.25) is 0 Å². The van der Waals surface area contributed by atoms with E-state index in [1.54, 1.807) is 0 Å². The van der Waals surface area contributed by atoms with Crippen LogP contribution in [-0.2, 0) is 6.42 Å². The number of fused-ring (bicyclic) bond motifs is 1. The van der Waals surface area contributed by atoms with Gasteiger partial charge in [-0.15, -0.1) is 0 Å². The lowest BCUT2D eigenvalue weighted by molar-refractivity contribution is 0.0869. The van der Waals surface area contributed by atoms with Crippen molar-refractivity contribution in [1.82, 2.24) is 4.90 Å². The number of nitrogens with zero attached hydrogens (tertiary/aromatic N) is 1. The van der Waals surface area contributed by atoms with E-state index in [1.807, 2.05) is 0 Å². The fourth-order valence-corrected chi connectivity index (χ4v) is 3.88. The summed E-state index contributed by atoms with van der Waals surface area (Å²) in [5.41, 5.74) is 7.08. The maximum absolute atomic E-state index is 6.10. The van der Waals surface area contributed by atoms with Crippen molar-refractivity contribution < 1.29 is 4.74 Å². The van der Waals surface area contributed by atoms with E-state index in [-0.39, 0.29) is 0 Å². The van der Waals surface area contributed by atoms with Gasteiger partial charge in [0.1, 0.15) is 11.9 Å². The van der Waals surface area contributed by atoms with Gasteiger partial charge in [0.05, 0.1) is 0 Å². The highest BCUT2D eigenvalue weighted by Gasteiger charge is 2.29. The van der Waals surface area contributed by atoms with Crippen molar-refractivity contribution >= 4 is 15.9 Å². The molecule has 2 unspecified atom stereocenters. The minimum absolute atomic E-state index is 0.303. The van der Waals surface area contributed by atoms with Crippen molar-refractivity contribution in [3.8, 4) is 5.75 Å². The SMILES string of the molecule is NCCC1CCCCN1CC1Cc2cc(Br)ccc2O1. The molecule has 4 heteroatoms. The molecule has 3 rings (SSSR count). The van der Waals surface area contributed by atoms with Crippen molar-refractivity contribution in [3.63, 3.8) is 0 Å². The quantitative estimate of drug-likeness (QED) is 0.917. The second-order valence-electron chi connectivity index (χ2n) is 5.92. The third-order valence-electron chi connectivity index (χ3n) is 4.45. The molecule has 0 amide bonds. The van der Waals surface area contributed by atoms with E-state index >= 15 is 0 Å². The molecule has 2 aliphatic rings. The van der Waals surface area contributed by atoms with Gasteiger partial charge in [0, 0.05) is 23.5 Å². The van der Waals surface area contributed by atoms with Crippen molar-refractivity contribution in [2.24, 2.45) is 5.73 Å². The molecule has 2 aliphatic heterocycles. The molecule has 20 heavy (non-hydrogen) atoms. The van der Waals surface area contributed by atoms with Crippen LogP contribution < -0.4 is 10.5 Å². The van der Waals surface area contributed by atoms with Gasteiger partial charge in [0.25, 0.3) is 0 Å². The summed E-state index contributed by atoms with van der Waals surface area (Å²) in [5, 5.41) is 0. The van der Waals surface area contributed by atoms with E-state index in [0.29, 0.717) is 12.1 Å². The lowest BCUT2D eigenvalue weighted by Crippen LogP contribution is -2.45. The Labute approximate surface area is 129 Å². The maximum Gasteiger partial charge on any atom is 0.123 e. The number of hydrogen-bond acceptors (Lipinski definition) is 3. The minimum Gasteiger partial charge on any atom is -0.488 e. The Bertz CT molecular complexity index is 464. The Morgan fingerprint density at radius 3 is 3.10 bits per heavy atom. The van der Waals surface area contributed by atoms with Crippen molar-refractivity contribution in [3.05, 3.63) is 28.2 Å². The van der Waals surface area contributed by atoms with Crippen molar-refractivity contribution in [2.45, 2.75) is 44.2 Å². The van der Waals surface area contributed by atoms with E-state index < -0.39 is 0 Å². The molecule has 1 aromatic rings. The first-order chi connectivity index (χ1) is 9.76. The lowest BCUT2D eigenvalue weighted by atomic mass is 9.98. The Kier molecular flexibility index (Phi) is 4.64. The third kappa shape index (κ3) is 3.18. The number of rotatable bonds is 4. The molecule has 2 heterocycles. The zero-order valence-electron chi connectivity index (χ0n) is 11.9. The average molecular weight is 339 g/mol. The highest BCUT2D eigenvalue weighted by Crippen LogP contribution is 2.32. The summed E-state index contributed by atoms with van der Waals surface area (Å²) < 4.78 is 7.24. The normalized spacial score (nSPS) is 26.3.